The molecule has 23 heavy (non-hydrogen) atoms. The lowest BCUT2D eigenvalue weighted by Crippen LogP contribution is -2.51. The Balaban J connectivity index is 0.00000156. The summed E-state index contributed by atoms with van der Waals surface area (Å²) in [4.78, 5) is 14.9. The lowest BCUT2D eigenvalue weighted by molar-refractivity contribution is -0.0457. The fourth-order valence-electron chi connectivity index (χ4n) is 3.76. The SMILES string of the molecule is Cl.Nc1c(Cl)cc(C(=O)O[C@@H]2CN3CCC2CC3)c2c1CCO2. The molecular weight excluding hydrogens is 339 g/mol. The van der Waals surface area contributed by atoms with E-state index >= 15 is 0 Å². The highest BCUT2D eigenvalue weighted by atomic mass is 35.5. The minimum absolute atomic E-state index is 0. The first-order chi connectivity index (χ1) is 10.6. The second-order valence-electron chi connectivity index (χ2n) is 6.31. The summed E-state index contributed by atoms with van der Waals surface area (Å²) in [6.07, 6.45) is 2.87. The Morgan fingerprint density at radius 3 is 2.78 bits per heavy atom. The van der Waals surface area contributed by atoms with Crippen molar-refractivity contribution in [2.45, 2.75) is 25.4 Å². The van der Waals surface area contributed by atoms with Crippen LogP contribution in [0.25, 0.3) is 0 Å². The van der Waals surface area contributed by atoms with E-state index in [0.717, 1.165) is 38.0 Å². The Morgan fingerprint density at radius 1 is 1.39 bits per heavy atom. The molecule has 126 valence electrons. The molecule has 1 aromatic carbocycles. The standard InChI is InChI=1S/C16H19ClN2O3.ClH/c17-12-7-11(15-10(14(12)18)3-6-21-15)16(20)22-13-8-19-4-1-9(13)2-5-19;/h7,9,13H,1-6,8,18H2;1H/t13-;/m1./s1. The van der Waals surface area contributed by atoms with Crippen LogP contribution >= 0.6 is 24.0 Å². The van der Waals surface area contributed by atoms with Crippen molar-refractivity contribution in [3.8, 4) is 5.75 Å². The van der Waals surface area contributed by atoms with Crippen molar-refractivity contribution < 1.29 is 14.3 Å². The summed E-state index contributed by atoms with van der Waals surface area (Å²) in [6.45, 7) is 3.60. The van der Waals surface area contributed by atoms with Gasteiger partial charge in [0.2, 0.25) is 0 Å². The van der Waals surface area contributed by atoms with Gasteiger partial charge in [-0.3, -0.25) is 4.90 Å². The first-order valence-electron chi connectivity index (χ1n) is 7.80. The molecule has 2 N–H and O–H groups in total. The molecule has 0 spiro atoms. The molecule has 0 aliphatic carbocycles. The van der Waals surface area contributed by atoms with Crippen LogP contribution in [0.2, 0.25) is 5.02 Å². The Labute approximate surface area is 146 Å². The van der Waals surface area contributed by atoms with Gasteiger partial charge in [-0.25, -0.2) is 4.79 Å². The van der Waals surface area contributed by atoms with Gasteiger partial charge in [-0.15, -0.1) is 12.4 Å². The van der Waals surface area contributed by atoms with Gasteiger partial charge in [-0.05, 0) is 37.9 Å². The van der Waals surface area contributed by atoms with Crippen LogP contribution in [0.4, 0.5) is 5.69 Å². The van der Waals surface area contributed by atoms with Crippen molar-refractivity contribution in [2.75, 3.05) is 32.0 Å². The Kier molecular flexibility index (Phi) is 4.63. The molecule has 4 aliphatic heterocycles. The second-order valence-corrected chi connectivity index (χ2v) is 6.71. The fraction of sp³-hybridized carbons (Fsp3) is 0.562. The second kappa shape index (κ2) is 6.38. The zero-order valence-corrected chi connectivity index (χ0v) is 14.3. The third-order valence-electron chi connectivity index (χ3n) is 5.05. The topological polar surface area (TPSA) is 64.8 Å². The molecule has 4 heterocycles. The molecule has 0 radical (unpaired) electrons. The van der Waals surface area contributed by atoms with Crippen LogP contribution in [0.5, 0.6) is 5.75 Å². The molecule has 3 saturated heterocycles. The number of piperidine rings is 3. The molecule has 5 rings (SSSR count). The van der Waals surface area contributed by atoms with Gasteiger partial charge in [0, 0.05) is 18.5 Å². The van der Waals surface area contributed by atoms with Crippen molar-refractivity contribution >= 4 is 35.7 Å². The summed E-state index contributed by atoms with van der Waals surface area (Å²) in [5.41, 5.74) is 7.71. The molecule has 7 heteroatoms. The van der Waals surface area contributed by atoms with E-state index < -0.39 is 0 Å². The number of nitrogens with two attached hydrogens (primary N) is 1. The summed E-state index contributed by atoms with van der Waals surface area (Å²) in [7, 11) is 0. The number of benzene rings is 1. The molecule has 1 atom stereocenters. The van der Waals surface area contributed by atoms with Gasteiger partial charge in [-0.2, -0.15) is 0 Å². The third-order valence-corrected chi connectivity index (χ3v) is 5.36. The molecule has 0 aromatic heterocycles. The van der Waals surface area contributed by atoms with E-state index in [4.69, 9.17) is 26.8 Å². The zero-order chi connectivity index (χ0) is 15.3. The number of esters is 1. The molecule has 3 fully saturated rings. The Hall–Kier alpha value is -1.17. The highest BCUT2D eigenvalue weighted by molar-refractivity contribution is 6.33. The number of anilines is 1. The first-order valence-corrected chi connectivity index (χ1v) is 8.18. The van der Waals surface area contributed by atoms with Crippen LogP contribution in [0.15, 0.2) is 6.07 Å². The number of rotatable bonds is 2. The van der Waals surface area contributed by atoms with E-state index in [1.54, 1.807) is 6.07 Å². The number of nitrogen functional groups attached to an aromatic ring is 1. The van der Waals surface area contributed by atoms with Crippen molar-refractivity contribution in [2.24, 2.45) is 5.92 Å². The monoisotopic (exact) mass is 358 g/mol. The molecular formula is C16H20Cl2N2O3. The molecule has 0 unspecified atom stereocenters. The van der Waals surface area contributed by atoms with Crippen molar-refractivity contribution in [1.29, 1.82) is 0 Å². The van der Waals surface area contributed by atoms with E-state index in [9.17, 15) is 4.79 Å². The van der Waals surface area contributed by atoms with Crippen LogP contribution in [0, 0.1) is 5.92 Å². The summed E-state index contributed by atoms with van der Waals surface area (Å²) < 4.78 is 11.4. The number of carbonyl (C=O) groups is 1. The highest BCUT2D eigenvalue weighted by Crippen LogP contribution is 2.39. The van der Waals surface area contributed by atoms with Gasteiger partial charge in [0.1, 0.15) is 17.4 Å². The Bertz CT molecular complexity index is 630. The summed E-state index contributed by atoms with van der Waals surface area (Å²) in [5.74, 6) is 0.680. The van der Waals surface area contributed by atoms with Crippen LogP contribution in [-0.4, -0.2) is 43.2 Å². The quantitative estimate of drug-likeness (QED) is 0.649. The molecule has 2 bridgehead atoms. The average Bonchev–Trinajstić information content (AvgIpc) is 3.02. The van der Waals surface area contributed by atoms with Crippen LogP contribution < -0.4 is 10.5 Å². The number of ether oxygens (including phenoxy) is 2. The van der Waals surface area contributed by atoms with Crippen molar-refractivity contribution in [3.05, 3.63) is 22.2 Å². The smallest absolute Gasteiger partial charge is 0.342 e. The van der Waals surface area contributed by atoms with Crippen LogP contribution in [-0.2, 0) is 11.2 Å². The van der Waals surface area contributed by atoms with E-state index in [1.165, 1.54) is 0 Å². The van der Waals surface area contributed by atoms with E-state index in [0.29, 0.717) is 41.0 Å². The number of fused-ring (bicyclic) bond motifs is 4. The van der Waals surface area contributed by atoms with Gasteiger partial charge in [-0.1, -0.05) is 11.6 Å². The zero-order valence-electron chi connectivity index (χ0n) is 12.7. The number of hydrogen-bond acceptors (Lipinski definition) is 5. The first kappa shape index (κ1) is 16.7. The summed E-state index contributed by atoms with van der Waals surface area (Å²) in [6, 6.07) is 1.57. The summed E-state index contributed by atoms with van der Waals surface area (Å²) >= 11 is 6.15. The predicted octanol–water partition coefficient (Wildman–Crippen LogP) is 2.53. The van der Waals surface area contributed by atoms with Crippen molar-refractivity contribution in [3.63, 3.8) is 0 Å². The molecule has 1 aromatic rings. The van der Waals surface area contributed by atoms with E-state index in [-0.39, 0.29) is 24.5 Å². The molecule has 4 aliphatic rings. The normalized spacial score (nSPS) is 27.8. The molecule has 0 amide bonds. The highest BCUT2D eigenvalue weighted by Gasteiger charge is 2.37. The third kappa shape index (κ3) is 2.86. The van der Waals surface area contributed by atoms with Crippen LogP contribution in [0.1, 0.15) is 28.8 Å². The maximum absolute atomic E-state index is 12.6. The fourth-order valence-corrected chi connectivity index (χ4v) is 3.99. The lowest BCUT2D eigenvalue weighted by atomic mass is 9.86. The minimum Gasteiger partial charge on any atom is -0.492 e. The number of carbonyl (C=O) groups excluding carboxylic acids is 1. The number of nitrogens with zero attached hydrogens (tertiary/aromatic N) is 1. The maximum atomic E-state index is 12.6. The van der Waals surface area contributed by atoms with E-state index in [1.807, 2.05) is 0 Å². The molecule has 0 saturated carbocycles. The van der Waals surface area contributed by atoms with Gasteiger partial charge >= 0.3 is 5.97 Å². The number of halogens is 2. The van der Waals surface area contributed by atoms with Gasteiger partial charge in [0.25, 0.3) is 0 Å². The van der Waals surface area contributed by atoms with Gasteiger partial charge in [0.15, 0.2) is 0 Å². The van der Waals surface area contributed by atoms with E-state index in [2.05, 4.69) is 4.90 Å². The van der Waals surface area contributed by atoms with Crippen molar-refractivity contribution in [1.82, 2.24) is 4.90 Å². The Morgan fingerprint density at radius 2 is 2.13 bits per heavy atom. The van der Waals surface area contributed by atoms with Gasteiger partial charge in [0.05, 0.1) is 17.3 Å². The summed E-state index contributed by atoms with van der Waals surface area (Å²) in [5, 5.41) is 0.394. The maximum Gasteiger partial charge on any atom is 0.342 e. The predicted molar refractivity (Wildman–Crippen MR) is 90.7 cm³/mol. The molecule has 5 nitrogen and oxygen atoms in total. The average molecular weight is 359 g/mol. The van der Waals surface area contributed by atoms with Crippen LogP contribution in [0.3, 0.4) is 0 Å². The lowest BCUT2D eigenvalue weighted by Gasteiger charge is -2.43. The number of hydrogen-bond donors (Lipinski definition) is 1. The minimum atomic E-state index is -0.348. The largest absolute Gasteiger partial charge is 0.492 e. The van der Waals surface area contributed by atoms with Gasteiger partial charge < -0.3 is 15.2 Å².